The highest BCUT2D eigenvalue weighted by atomic mass is 35.5. The molecule has 7 N–H and O–H groups in total. The number of nitrogens with zero attached hydrogens (tertiary/aromatic N) is 4. The summed E-state index contributed by atoms with van der Waals surface area (Å²) in [5, 5.41) is 28.8. The van der Waals surface area contributed by atoms with Crippen LogP contribution in [-0.4, -0.2) is 114 Å². The predicted molar refractivity (Wildman–Crippen MR) is 420 cm³/mol. The molecule has 4 unspecified atom stereocenters. The van der Waals surface area contributed by atoms with Gasteiger partial charge in [-0.25, -0.2) is 5.26 Å². The minimum atomic E-state index is -4.56. The van der Waals surface area contributed by atoms with E-state index in [2.05, 4.69) is 103 Å². The first kappa shape index (κ1) is 81.9. The molecule has 582 valence electrons. The van der Waals surface area contributed by atoms with E-state index in [1.165, 1.54) is 48.4 Å². The number of benzene rings is 5. The van der Waals surface area contributed by atoms with Crippen LogP contribution in [0.25, 0.3) is 11.3 Å². The standard InChI is InChI=1S/C81H102ClN7O15S4/c1-54-47-59(26-35-67(54)82)71-50-68(76(91)85-77-78(2,3)60-40-41-81(77,8)51-60)86-89(71)53-56-24-22-55(23-25-56)52-83-42-13-9-10-14-43-84-74(90)21-12-11-15-44-87-69-36-31-62(105-104-103-92)48-65(69)79(4,5)72(87)38-27-57-19-18-20-58(75(57)102-61-29-32-63(33-30-61)107(96,97)98)28-39-73-80(6,7)66-49-64(108(99,100)101)34-37-70(66)88(73)45-16-17-46-106(93,94)95/h22-27,29-39,47-50,58,60,77,83H,9-21,28,40-46,51-53H2,1-8H3,(H5-,84,85,90,91,92,93,94,95,96,97,98,99,100,101)/p+1/b38-27+,73-39+. The van der Waals surface area contributed by atoms with Crippen molar-refractivity contribution in [1.29, 1.82) is 0 Å². The maximum absolute atomic E-state index is 14.0. The van der Waals surface area contributed by atoms with Crippen LogP contribution < -0.4 is 25.6 Å². The number of ether oxygens (including phenoxy) is 1. The molecule has 0 radical (unpaired) electrons. The molecule has 3 heterocycles. The molecule has 11 rings (SSSR count). The summed E-state index contributed by atoms with van der Waals surface area (Å²) in [5.74, 6) is 0.818. The zero-order valence-corrected chi connectivity index (χ0v) is 66.9. The zero-order chi connectivity index (χ0) is 77.6. The van der Waals surface area contributed by atoms with Crippen LogP contribution in [0.15, 0.2) is 159 Å². The molecule has 1 aromatic heterocycles. The van der Waals surface area contributed by atoms with Crippen molar-refractivity contribution in [3.05, 3.63) is 183 Å². The van der Waals surface area contributed by atoms with Gasteiger partial charge >= 0.3 is 0 Å². The van der Waals surface area contributed by atoms with Gasteiger partial charge in [0.05, 0.1) is 45.2 Å². The number of fused-ring (bicyclic) bond motifs is 4. The average Bonchev–Trinajstić information content (AvgIpc) is 1.57. The summed E-state index contributed by atoms with van der Waals surface area (Å²) in [7, 11) is -13.3. The molecule has 2 fully saturated rings. The van der Waals surface area contributed by atoms with Gasteiger partial charge in [-0.05, 0) is 234 Å². The number of carbonyl (C=O) groups excluding carboxylic acids is 2. The van der Waals surface area contributed by atoms with E-state index in [4.69, 9.17) is 31.0 Å². The number of allylic oxidation sites excluding steroid dienone is 6. The maximum atomic E-state index is 14.0. The molecule has 6 aromatic rings. The van der Waals surface area contributed by atoms with E-state index in [1.54, 1.807) is 6.07 Å². The molecular formula is C81H103ClN7O15S4+. The number of anilines is 1. The molecule has 27 heteroatoms. The van der Waals surface area contributed by atoms with E-state index in [0.717, 1.165) is 134 Å². The number of hydrogen-bond donors (Lipinski definition) is 7. The fourth-order valence-corrected chi connectivity index (χ4v) is 19.1. The SMILES string of the molecule is Cc1cc(-c2cc(C(=O)NC3C4(C)CCC(C4)C3(C)C)nn2Cc2ccc(CNCCCCCCNC(=O)CCCCC[N+]3=C(/C=C/C4=C(Oc5ccc(S(=O)(=O)O)cc5)C(C/C=C5/N(CCCCS(=O)(=O)O)c6ccc(S(=O)(=O)O)cc6C5(C)C)CCC4)C(C)(C)c4cc(SOOO)ccc43)cc2)ccc1Cl. The summed E-state index contributed by atoms with van der Waals surface area (Å²) in [5.41, 5.74) is 10.2. The van der Waals surface area contributed by atoms with Gasteiger partial charge in [-0.1, -0.05) is 101 Å². The number of unbranched alkanes of at least 4 members (excludes halogenated alkanes) is 6. The van der Waals surface area contributed by atoms with Crippen molar-refractivity contribution in [1.82, 2.24) is 25.7 Å². The molecule has 4 atom stereocenters. The summed E-state index contributed by atoms with van der Waals surface area (Å²) < 4.78 is 118. The quantitative estimate of drug-likeness (QED) is 0.00480. The van der Waals surface area contributed by atoms with Gasteiger partial charge in [0.25, 0.3) is 36.3 Å². The average molecular weight is 1580 g/mol. The summed E-state index contributed by atoms with van der Waals surface area (Å²) in [6.45, 7) is 20.8. The number of aryl methyl sites for hydroxylation is 1. The van der Waals surface area contributed by atoms with Crippen LogP contribution in [0.3, 0.4) is 0 Å². The summed E-state index contributed by atoms with van der Waals surface area (Å²) in [6.07, 6.45) is 19.5. The van der Waals surface area contributed by atoms with Gasteiger partial charge in [0.1, 0.15) is 18.1 Å². The van der Waals surface area contributed by atoms with Crippen molar-refractivity contribution in [2.75, 3.05) is 36.8 Å². The summed E-state index contributed by atoms with van der Waals surface area (Å²) >= 11 is 7.33. The number of hydrogen-bond acceptors (Lipinski definition) is 16. The Morgan fingerprint density at radius 3 is 2.16 bits per heavy atom. The lowest BCUT2D eigenvalue weighted by atomic mass is 9.68. The van der Waals surface area contributed by atoms with Gasteiger partial charge in [-0.2, -0.15) is 34.9 Å². The Morgan fingerprint density at radius 1 is 0.750 bits per heavy atom. The van der Waals surface area contributed by atoms with Crippen molar-refractivity contribution in [3.63, 3.8) is 0 Å². The molecule has 2 aliphatic heterocycles. The Hall–Kier alpha value is -7.05. The van der Waals surface area contributed by atoms with Crippen LogP contribution in [0, 0.1) is 29.6 Å². The van der Waals surface area contributed by atoms with Gasteiger partial charge in [-0.15, -0.1) is 4.33 Å². The van der Waals surface area contributed by atoms with Crippen molar-refractivity contribution in [3.8, 4) is 17.0 Å². The molecule has 0 saturated heterocycles. The van der Waals surface area contributed by atoms with Crippen LogP contribution in [0.2, 0.25) is 5.02 Å². The van der Waals surface area contributed by atoms with E-state index in [9.17, 15) is 48.5 Å². The van der Waals surface area contributed by atoms with Gasteiger partial charge in [0, 0.05) is 94.4 Å². The third-order valence-corrected chi connectivity index (χ3v) is 26.4. The number of nitrogens with one attached hydrogen (secondary N) is 3. The van der Waals surface area contributed by atoms with Crippen molar-refractivity contribution < 1.29 is 72.4 Å². The minimum Gasteiger partial charge on any atom is -0.461 e. The number of halogens is 1. The second kappa shape index (κ2) is 34.3. The predicted octanol–water partition coefficient (Wildman–Crippen LogP) is 16.3. The smallest absolute Gasteiger partial charge is 0.294 e. The van der Waals surface area contributed by atoms with Crippen molar-refractivity contribution >= 4 is 82.9 Å². The monoisotopic (exact) mass is 1580 g/mol. The molecule has 2 amide bonds. The first-order valence-corrected chi connectivity index (χ1v) is 43.1. The topological polar surface area (TPSA) is 305 Å². The van der Waals surface area contributed by atoms with Crippen molar-refractivity contribution in [2.45, 2.75) is 209 Å². The molecule has 22 nitrogen and oxygen atoms in total. The molecule has 0 spiro atoms. The second-order valence-electron chi connectivity index (χ2n) is 31.6. The van der Waals surface area contributed by atoms with Gasteiger partial charge in [0.2, 0.25) is 11.6 Å². The minimum absolute atomic E-state index is 0.0206. The fourth-order valence-electron chi connectivity index (χ4n) is 17.0. The number of aromatic nitrogens is 2. The highest BCUT2D eigenvalue weighted by molar-refractivity contribution is 7.94. The molecule has 3 aliphatic carbocycles. The Labute approximate surface area is 645 Å². The lowest BCUT2D eigenvalue weighted by molar-refractivity contribution is -0.438. The van der Waals surface area contributed by atoms with E-state index in [0.29, 0.717) is 109 Å². The third-order valence-electron chi connectivity index (χ3n) is 22.9. The van der Waals surface area contributed by atoms with Crippen LogP contribution in [0.1, 0.15) is 196 Å². The highest BCUT2D eigenvalue weighted by Gasteiger charge is 2.60. The largest absolute Gasteiger partial charge is 0.461 e. The van der Waals surface area contributed by atoms with Crippen LogP contribution in [0.5, 0.6) is 5.75 Å². The highest BCUT2D eigenvalue weighted by Crippen LogP contribution is 2.62. The van der Waals surface area contributed by atoms with E-state index in [-0.39, 0.29) is 50.8 Å². The lowest BCUT2D eigenvalue weighted by Gasteiger charge is -2.42. The van der Waals surface area contributed by atoms with Gasteiger partial charge in [0.15, 0.2) is 11.4 Å². The van der Waals surface area contributed by atoms with Crippen molar-refractivity contribution in [2.24, 2.45) is 22.7 Å². The zero-order valence-electron chi connectivity index (χ0n) is 62.9. The summed E-state index contributed by atoms with van der Waals surface area (Å²) in [6, 6.07) is 32.3. The number of rotatable bonds is 36. The van der Waals surface area contributed by atoms with E-state index >= 15 is 0 Å². The lowest BCUT2D eigenvalue weighted by Crippen LogP contribution is -2.52. The molecule has 108 heavy (non-hydrogen) atoms. The van der Waals surface area contributed by atoms with Crippen LogP contribution in [0.4, 0.5) is 11.4 Å². The normalized spacial score (nSPS) is 20.5. The molecule has 2 bridgehead atoms. The molecule has 5 aliphatic rings. The first-order chi connectivity index (χ1) is 51.1. The molecule has 2 saturated carbocycles. The first-order valence-electron chi connectivity index (χ1n) is 37.5. The Kier molecular flexibility index (Phi) is 26.0. The maximum Gasteiger partial charge on any atom is 0.294 e. The van der Waals surface area contributed by atoms with Gasteiger partial charge < -0.3 is 25.6 Å². The Bertz CT molecular complexity index is 4780. The molecule has 5 aromatic carbocycles. The number of amides is 2. The number of carbonyl (C=O) groups is 2. The van der Waals surface area contributed by atoms with Crippen LogP contribution >= 0.6 is 23.6 Å². The Balaban J connectivity index is 0.687. The fraction of sp³-hybridized carbons (Fsp3) is 0.481. The van der Waals surface area contributed by atoms with E-state index in [1.807, 2.05) is 72.8 Å². The van der Waals surface area contributed by atoms with Gasteiger partial charge in [-0.3, -0.25) is 27.9 Å². The van der Waals surface area contributed by atoms with E-state index < -0.39 is 46.9 Å². The summed E-state index contributed by atoms with van der Waals surface area (Å²) in [4.78, 5) is 29.4. The van der Waals surface area contributed by atoms with Crippen LogP contribution in [-0.2, 0) is 68.4 Å². The molecular weight excluding hydrogens is 1470 g/mol. The second-order valence-corrected chi connectivity index (χ2v) is 37.2. The Morgan fingerprint density at radius 2 is 1.46 bits per heavy atom. The third kappa shape index (κ3) is 19.4.